The number of rotatable bonds is 6. The summed E-state index contributed by atoms with van der Waals surface area (Å²) in [5, 5.41) is 8.64. The molecule has 0 saturated heterocycles. The topological polar surface area (TPSA) is 63.0 Å². The summed E-state index contributed by atoms with van der Waals surface area (Å²) in [6, 6.07) is 28.8. The molecule has 4 rings (SSSR count). The summed E-state index contributed by atoms with van der Waals surface area (Å²) in [6.07, 6.45) is -2.95. The fourth-order valence-electron chi connectivity index (χ4n) is 4.19. The second-order valence-corrected chi connectivity index (χ2v) is 7.72. The first-order chi connectivity index (χ1) is 16.9. The van der Waals surface area contributed by atoms with Gasteiger partial charge in [0.15, 0.2) is 6.61 Å². The third kappa shape index (κ3) is 4.64. The van der Waals surface area contributed by atoms with Gasteiger partial charge in [-0.2, -0.15) is 18.4 Å². The van der Waals surface area contributed by atoms with E-state index in [-0.39, 0.29) is 5.69 Å². The Labute approximate surface area is 200 Å². The summed E-state index contributed by atoms with van der Waals surface area (Å²) in [7, 11) is 0. The Morgan fingerprint density at radius 2 is 1.23 bits per heavy atom. The fraction of sp³-hybridized carbons (Fsp3) is 0.107. The smallest absolute Gasteiger partial charge is 0.416 e. The van der Waals surface area contributed by atoms with Gasteiger partial charge < -0.3 is 4.74 Å². The van der Waals surface area contributed by atoms with Crippen LogP contribution in [0.5, 0.6) is 0 Å². The van der Waals surface area contributed by atoms with E-state index in [0.29, 0.717) is 11.1 Å². The molecule has 0 amide bonds. The quantitative estimate of drug-likeness (QED) is 0.249. The third-order valence-electron chi connectivity index (χ3n) is 5.73. The molecule has 0 N–H and O–H groups in total. The Morgan fingerprint density at radius 1 is 0.743 bits per heavy atom. The van der Waals surface area contributed by atoms with Crippen LogP contribution >= 0.6 is 0 Å². The van der Waals surface area contributed by atoms with Crippen LogP contribution in [0.4, 0.5) is 13.2 Å². The maximum Gasteiger partial charge on any atom is 0.416 e. The van der Waals surface area contributed by atoms with E-state index in [9.17, 15) is 18.0 Å². The molecule has 0 spiro atoms. The SMILES string of the molecule is N#CCOC(=O)c1ccc(C(c2ccccc2)(c2ccccc2)c2ccc(C(F)(F)F)cc2)cn1. The van der Waals surface area contributed by atoms with Crippen molar-refractivity contribution in [1.29, 1.82) is 5.26 Å². The Kier molecular flexibility index (Phi) is 6.65. The van der Waals surface area contributed by atoms with Gasteiger partial charge in [-0.3, -0.25) is 0 Å². The third-order valence-corrected chi connectivity index (χ3v) is 5.73. The van der Waals surface area contributed by atoms with Crippen molar-refractivity contribution in [1.82, 2.24) is 4.98 Å². The van der Waals surface area contributed by atoms with Crippen LogP contribution in [-0.4, -0.2) is 17.6 Å². The number of nitrogens with zero attached hydrogens (tertiary/aromatic N) is 2. The summed E-state index contributed by atoms with van der Waals surface area (Å²) in [6.45, 7) is -0.397. The van der Waals surface area contributed by atoms with Crippen molar-refractivity contribution in [3.63, 3.8) is 0 Å². The first kappa shape index (κ1) is 23.7. The van der Waals surface area contributed by atoms with Crippen LogP contribution in [-0.2, 0) is 16.3 Å². The van der Waals surface area contributed by atoms with Gasteiger partial charge in [-0.15, -0.1) is 0 Å². The van der Waals surface area contributed by atoms with E-state index in [0.717, 1.165) is 23.3 Å². The molecule has 1 heterocycles. The summed E-state index contributed by atoms with van der Waals surface area (Å²) < 4.78 is 44.8. The lowest BCUT2D eigenvalue weighted by Crippen LogP contribution is -2.31. The maximum atomic E-state index is 13.3. The Morgan fingerprint density at radius 3 is 1.69 bits per heavy atom. The molecule has 0 fully saturated rings. The minimum absolute atomic E-state index is 0.0199. The van der Waals surface area contributed by atoms with Gasteiger partial charge in [0.1, 0.15) is 11.8 Å². The fourth-order valence-corrected chi connectivity index (χ4v) is 4.19. The summed E-state index contributed by atoms with van der Waals surface area (Å²) in [5.74, 6) is -0.738. The van der Waals surface area contributed by atoms with Gasteiger partial charge in [-0.05, 0) is 40.5 Å². The first-order valence-electron chi connectivity index (χ1n) is 10.7. The van der Waals surface area contributed by atoms with Crippen LogP contribution in [0.15, 0.2) is 103 Å². The molecule has 1 aromatic heterocycles. The highest BCUT2D eigenvalue weighted by atomic mass is 19.4. The van der Waals surface area contributed by atoms with Crippen molar-refractivity contribution in [2.45, 2.75) is 11.6 Å². The molecular formula is C28H19F3N2O2. The monoisotopic (exact) mass is 472 g/mol. The molecule has 3 aromatic carbocycles. The molecule has 0 saturated carbocycles. The maximum absolute atomic E-state index is 13.3. The number of ether oxygens (including phenoxy) is 1. The van der Waals surface area contributed by atoms with Crippen LogP contribution in [0.2, 0.25) is 0 Å². The van der Waals surface area contributed by atoms with Crippen molar-refractivity contribution in [2.24, 2.45) is 0 Å². The van der Waals surface area contributed by atoms with E-state index >= 15 is 0 Å². The number of carbonyl (C=O) groups is 1. The number of hydrogen-bond donors (Lipinski definition) is 0. The summed E-state index contributed by atoms with van der Waals surface area (Å²) in [5.41, 5.74) is 1.13. The number of aromatic nitrogens is 1. The van der Waals surface area contributed by atoms with E-state index in [1.807, 2.05) is 60.7 Å². The predicted octanol–water partition coefficient (Wildman–Crippen LogP) is 6.16. The zero-order chi connectivity index (χ0) is 24.9. The highest BCUT2D eigenvalue weighted by molar-refractivity contribution is 5.87. The van der Waals surface area contributed by atoms with Crippen molar-refractivity contribution >= 4 is 5.97 Å². The molecular weight excluding hydrogens is 453 g/mol. The summed E-state index contributed by atoms with van der Waals surface area (Å²) in [4.78, 5) is 16.4. The van der Waals surface area contributed by atoms with E-state index < -0.39 is 29.7 Å². The second-order valence-electron chi connectivity index (χ2n) is 7.72. The van der Waals surface area contributed by atoms with Crippen molar-refractivity contribution in [3.05, 3.63) is 137 Å². The molecule has 7 heteroatoms. The van der Waals surface area contributed by atoms with Gasteiger partial charge in [0, 0.05) is 6.20 Å². The number of carbonyl (C=O) groups excluding carboxylic acids is 1. The molecule has 0 unspecified atom stereocenters. The van der Waals surface area contributed by atoms with Crippen LogP contribution < -0.4 is 0 Å². The molecule has 0 aliphatic heterocycles. The predicted molar refractivity (Wildman–Crippen MR) is 123 cm³/mol. The Balaban J connectivity index is 1.96. The van der Waals surface area contributed by atoms with E-state index in [4.69, 9.17) is 10.00 Å². The molecule has 0 atom stereocenters. The zero-order valence-corrected chi connectivity index (χ0v) is 18.4. The normalized spacial score (nSPS) is 11.5. The largest absolute Gasteiger partial charge is 0.446 e. The highest BCUT2D eigenvalue weighted by Gasteiger charge is 2.39. The van der Waals surface area contributed by atoms with Crippen molar-refractivity contribution in [2.75, 3.05) is 6.61 Å². The van der Waals surface area contributed by atoms with Crippen molar-refractivity contribution < 1.29 is 22.7 Å². The number of hydrogen-bond acceptors (Lipinski definition) is 4. The molecule has 0 aliphatic rings. The van der Waals surface area contributed by atoms with E-state index in [1.54, 1.807) is 12.1 Å². The van der Waals surface area contributed by atoms with Crippen LogP contribution in [0.1, 0.15) is 38.3 Å². The van der Waals surface area contributed by atoms with Gasteiger partial charge in [-0.25, -0.2) is 9.78 Å². The molecule has 4 nitrogen and oxygen atoms in total. The molecule has 0 bridgehead atoms. The number of halogens is 3. The zero-order valence-electron chi connectivity index (χ0n) is 18.4. The number of nitriles is 1. The van der Waals surface area contributed by atoms with E-state index in [1.165, 1.54) is 24.4 Å². The van der Waals surface area contributed by atoms with Gasteiger partial charge >= 0.3 is 12.1 Å². The molecule has 0 radical (unpaired) electrons. The number of alkyl halides is 3. The average molecular weight is 472 g/mol. The second kappa shape index (κ2) is 9.82. The number of pyridine rings is 1. The van der Waals surface area contributed by atoms with Crippen LogP contribution in [0, 0.1) is 11.3 Å². The van der Waals surface area contributed by atoms with Crippen molar-refractivity contribution in [3.8, 4) is 6.07 Å². The Hall–Kier alpha value is -4.44. The van der Waals surface area contributed by atoms with Gasteiger partial charge in [0.05, 0.1) is 11.0 Å². The lowest BCUT2D eigenvalue weighted by molar-refractivity contribution is -0.137. The number of benzene rings is 3. The minimum atomic E-state index is -4.46. The lowest BCUT2D eigenvalue weighted by Gasteiger charge is -2.36. The van der Waals surface area contributed by atoms with Gasteiger partial charge in [0.25, 0.3) is 0 Å². The highest BCUT2D eigenvalue weighted by Crippen LogP contribution is 2.45. The van der Waals surface area contributed by atoms with Gasteiger partial charge in [0.2, 0.25) is 0 Å². The minimum Gasteiger partial charge on any atom is -0.446 e. The summed E-state index contributed by atoms with van der Waals surface area (Å²) >= 11 is 0. The molecule has 35 heavy (non-hydrogen) atoms. The standard InChI is InChI=1S/C28H19F3N2O2/c29-28(30,31)23-13-11-22(12-14-23)27(20-7-3-1-4-8-20,21-9-5-2-6-10-21)24-15-16-25(33-19-24)26(34)35-18-17-32/h1-16,19H,18H2. The molecule has 174 valence electrons. The molecule has 0 aliphatic carbocycles. The Bertz CT molecular complexity index is 1290. The lowest BCUT2D eigenvalue weighted by atomic mass is 9.65. The van der Waals surface area contributed by atoms with Gasteiger partial charge in [-0.1, -0.05) is 78.9 Å². The van der Waals surface area contributed by atoms with E-state index in [2.05, 4.69) is 4.98 Å². The molecule has 4 aromatic rings. The first-order valence-corrected chi connectivity index (χ1v) is 10.7. The number of esters is 1. The van der Waals surface area contributed by atoms with Crippen LogP contribution in [0.3, 0.4) is 0 Å². The average Bonchev–Trinajstić information content (AvgIpc) is 2.89. The van der Waals surface area contributed by atoms with Crippen LogP contribution in [0.25, 0.3) is 0 Å².